The van der Waals surface area contributed by atoms with Crippen molar-refractivity contribution in [1.29, 1.82) is 0 Å². The van der Waals surface area contributed by atoms with E-state index >= 15 is 0 Å². The Kier molecular flexibility index (Phi) is 6.44. The monoisotopic (exact) mass is 598 g/mol. The van der Waals surface area contributed by atoms with Gasteiger partial charge in [-0.15, -0.1) is 0 Å². The SMILES string of the molecule is Cc1ccc(C2C=c3ccccc3=C(c3ccc4ccc5ccccc5c4c3)c3ccccc32)cc1-c1cc2ccccc2cc1C. The highest BCUT2D eigenvalue weighted by atomic mass is 14.3. The van der Waals surface area contributed by atoms with E-state index in [-0.39, 0.29) is 5.92 Å². The molecule has 0 fully saturated rings. The number of benzene rings is 8. The summed E-state index contributed by atoms with van der Waals surface area (Å²) in [7, 11) is 0. The molecule has 0 N–H and O–H groups in total. The third-order valence-electron chi connectivity index (χ3n) is 10.2. The van der Waals surface area contributed by atoms with Crippen molar-refractivity contribution in [2.75, 3.05) is 0 Å². The van der Waals surface area contributed by atoms with Crippen LogP contribution in [0.4, 0.5) is 0 Å². The van der Waals surface area contributed by atoms with Crippen LogP contribution in [-0.2, 0) is 0 Å². The second kappa shape index (κ2) is 11.0. The minimum absolute atomic E-state index is 0.103. The molecule has 0 heterocycles. The maximum absolute atomic E-state index is 2.49. The van der Waals surface area contributed by atoms with Crippen LogP contribution in [0.3, 0.4) is 0 Å². The lowest BCUT2D eigenvalue weighted by Crippen LogP contribution is -2.26. The molecule has 1 aliphatic carbocycles. The first-order chi connectivity index (χ1) is 23.1. The van der Waals surface area contributed by atoms with Gasteiger partial charge in [0.1, 0.15) is 0 Å². The molecule has 1 aliphatic rings. The largest absolute Gasteiger partial charge is 0.0647 e. The van der Waals surface area contributed by atoms with Crippen molar-refractivity contribution in [3.05, 3.63) is 202 Å². The number of hydrogen-bond acceptors (Lipinski definition) is 0. The molecule has 0 bridgehead atoms. The van der Waals surface area contributed by atoms with Gasteiger partial charge in [-0.25, -0.2) is 0 Å². The van der Waals surface area contributed by atoms with Crippen LogP contribution in [0.1, 0.15) is 39.3 Å². The molecule has 0 nitrogen and oxygen atoms in total. The zero-order valence-electron chi connectivity index (χ0n) is 26.7. The van der Waals surface area contributed by atoms with Gasteiger partial charge in [0.2, 0.25) is 0 Å². The third kappa shape index (κ3) is 4.60. The highest BCUT2D eigenvalue weighted by molar-refractivity contribution is 6.08. The topological polar surface area (TPSA) is 0 Å². The van der Waals surface area contributed by atoms with Gasteiger partial charge in [-0.1, -0.05) is 146 Å². The van der Waals surface area contributed by atoms with Crippen molar-refractivity contribution < 1.29 is 0 Å². The molecule has 0 amide bonds. The van der Waals surface area contributed by atoms with E-state index in [0.29, 0.717) is 0 Å². The van der Waals surface area contributed by atoms with E-state index in [1.807, 2.05) is 0 Å². The fourth-order valence-corrected chi connectivity index (χ4v) is 7.79. The molecular weight excluding hydrogens is 565 g/mol. The Labute approximate surface area is 275 Å². The molecule has 0 radical (unpaired) electrons. The summed E-state index contributed by atoms with van der Waals surface area (Å²) in [5, 5.41) is 10.2. The molecule has 9 rings (SSSR count). The molecule has 222 valence electrons. The summed E-state index contributed by atoms with van der Waals surface area (Å²) in [6.45, 7) is 4.48. The Morgan fingerprint density at radius 1 is 0.426 bits per heavy atom. The molecule has 1 unspecified atom stereocenters. The molecule has 0 aromatic heterocycles. The molecule has 8 aromatic rings. The highest BCUT2D eigenvalue weighted by Crippen LogP contribution is 2.39. The Hall–Kier alpha value is -5.72. The quantitative estimate of drug-likeness (QED) is 0.178. The molecule has 47 heavy (non-hydrogen) atoms. The maximum atomic E-state index is 2.49. The van der Waals surface area contributed by atoms with E-state index in [0.717, 1.165) is 0 Å². The minimum atomic E-state index is 0.103. The third-order valence-corrected chi connectivity index (χ3v) is 10.2. The molecule has 8 aromatic carbocycles. The van der Waals surface area contributed by atoms with Crippen LogP contribution in [0.25, 0.3) is 55.1 Å². The van der Waals surface area contributed by atoms with Crippen LogP contribution < -0.4 is 10.4 Å². The van der Waals surface area contributed by atoms with E-state index < -0.39 is 0 Å². The lowest BCUT2D eigenvalue weighted by molar-refractivity contribution is 1.07. The normalized spacial score (nSPS) is 14.1. The molecule has 0 saturated carbocycles. The second-order valence-electron chi connectivity index (χ2n) is 13.0. The Morgan fingerprint density at radius 2 is 1.09 bits per heavy atom. The van der Waals surface area contributed by atoms with Crippen molar-refractivity contribution in [2.24, 2.45) is 0 Å². The first-order valence-electron chi connectivity index (χ1n) is 16.6. The van der Waals surface area contributed by atoms with Crippen LogP contribution in [0.2, 0.25) is 0 Å². The standard InChI is InChI=1S/C47H34/c1-30-19-20-37(27-43(30)44-26-35-13-4-3-12-34(35)25-31(44)2)46-28-36-14-6-8-16-40(36)47(42-18-10-9-17-41(42)46)38-24-23-33-22-21-32-11-5-7-15-39(32)45(33)29-38/h3-29,46H,1-2H3. The van der Waals surface area contributed by atoms with Crippen LogP contribution >= 0.6 is 0 Å². The Bertz CT molecular complexity index is 2650. The van der Waals surface area contributed by atoms with Crippen molar-refractivity contribution >= 4 is 44.0 Å². The summed E-state index contributed by atoms with van der Waals surface area (Å²) >= 11 is 0. The van der Waals surface area contributed by atoms with Gasteiger partial charge in [0.05, 0.1) is 0 Å². The predicted molar refractivity (Wildman–Crippen MR) is 200 cm³/mol. The highest BCUT2D eigenvalue weighted by Gasteiger charge is 2.23. The lowest BCUT2D eigenvalue weighted by Gasteiger charge is -2.21. The molecule has 0 saturated heterocycles. The van der Waals surface area contributed by atoms with Crippen molar-refractivity contribution in [3.63, 3.8) is 0 Å². The number of aryl methyl sites for hydroxylation is 2. The van der Waals surface area contributed by atoms with E-state index in [2.05, 4.69) is 178 Å². The first kappa shape index (κ1) is 27.6. The van der Waals surface area contributed by atoms with E-state index in [9.17, 15) is 0 Å². The average Bonchev–Trinajstić information content (AvgIpc) is 3.26. The van der Waals surface area contributed by atoms with Gasteiger partial charge < -0.3 is 0 Å². The number of fused-ring (bicyclic) bond motifs is 6. The smallest absolute Gasteiger partial charge is 0.0284 e. The van der Waals surface area contributed by atoms with Gasteiger partial charge in [0.25, 0.3) is 0 Å². The zero-order valence-corrected chi connectivity index (χ0v) is 26.7. The summed E-state index contributed by atoms with van der Waals surface area (Å²) in [5.41, 5.74) is 11.7. The molecule has 0 heteroatoms. The Morgan fingerprint density at radius 3 is 1.96 bits per heavy atom. The van der Waals surface area contributed by atoms with Gasteiger partial charge in [-0.3, -0.25) is 0 Å². The van der Waals surface area contributed by atoms with Gasteiger partial charge in [-0.2, -0.15) is 0 Å². The van der Waals surface area contributed by atoms with Gasteiger partial charge in [0, 0.05) is 5.92 Å². The Balaban J connectivity index is 1.27. The molecule has 0 aliphatic heterocycles. The fraction of sp³-hybridized carbons (Fsp3) is 0.0638. The summed E-state index contributed by atoms with van der Waals surface area (Å²) in [6.07, 6.45) is 2.49. The van der Waals surface area contributed by atoms with E-state index in [4.69, 9.17) is 0 Å². The summed E-state index contributed by atoms with van der Waals surface area (Å²) < 4.78 is 0. The average molecular weight is 599 g/mol. The summed E-state index contributed by atoms with van der Waals surface area (Å²) in [5.74, 6) is 0.103. The number of rotatable bonds is 3. The summed E-state index contributed by atoms with van der Waals surface area (Å²) in [4.78, 5) is 0. The van der Waals surface area contributed by atoms with Gasteiger partial charge >= 0.3 is 0 Å². The van der Waals surface area contributed by atoms with Crippen molar-refractivity contribution in [1.82, 2.24) is 0 Å². The summed E-state index contributed by atoms with van der Waals surface area (Å²) in [6, 6.07) is 58.7. The van der Waals surface area contributed by atoms with Crippen molar-refractivity contribution in [3.8, 4) is 11.1 Å². The van der Waals surface area contributed by atoms with Crippen LogP contribution in [0.5, 0.6) is 0 Å². The van der Waals surface area contributed by atoms with E-state index in [1.54, 1.807) is 0 Å². The zero-order chi connectivity index (χ0) is 31.5. The van der Waals surface area contributed by atoms with Gasteiger partial charge in [-0.05, 0) is 125 Å². The predicted octanol–water partition coefficient (Wildman–Crippen LogP) is 10.6. The van der Waals surface area contributed by atoms with Crippen molar-refractivity contribution in [2.45, 2.75) is 19.8 Å². The van der Waals surface area contributed by atoms with Crippen LogP contribution in [-0.4, -0.2) is 0 Å². The maximum Gasteiger partial charge on any atom is 0.0284 e. The van der Waals surface area contributed by atoms with Crippen LogP contribution in [0.15, 0.2) is 158 Å². The fourth-order valence-electron chi connectivity index (χ4n) is 7.79. The van der Waals surface area contributed by atoms with Crippen LogP contribution in [0, 0.1) is 13.8 Å². The molecule has 0 spiro atoms. The molecule has 1 atom stereocenters. The lowest BCUT2D eigenvalue weighted by atomic mass is 9.83. The minimum Gasteiger partial charge on any atom is -0.0647 e. The van der Waals surface area contributed by atoms with E-state index in [1.165, 1.54) is 92.8 Å². The van der Waals surface area contributed by atoms with Gasteiger partial charge in [0.15, 0.2) is 0 Å². The number of hydrogen-bond donors (Lipinski definition) is 0. The molecular formula is C47H34. The second-order valence-corrected chi connectivity index (χ2v) is 13.0. The first-order valence-corrected chi connectivity index (χ1v) is 16.6.